The number of amides is 1. The molecule has 1 amide bonds. The lowest BCUT2D eigenvalue weighted by Gasteiger charge is -2.04. The molecule has 0 saturated heterocycles. The fourth-order valence-corrected chi connectivity index (χ4v) is 3.27. The first kappa shape index (κ1) is 19.5. The highest BCUT2D eigenvalue weighted by atomic mass is 79.9. The SMILES string of the molecule is O=C(COc1cccc(Br)c1)N/N=C\c1ccc(Sc2ccc(Cl)cc2)o1. The van der Waals surface area contributed by atoms with Crippen molar-refractivity contribution in [3.8, 4) is 5.75 Å². The lowest BCUT2D eigenvalue weighted by Crippen LogP contribution is -2.24. The van der Waals surface area contributed by atoms with Gasteiger partial charge in [-0.3, -0.25) is 4.79 Å². The van der Waals surface area contributed by atoms with E-state index in [1.807, 2.05) is 42.5 Å². The van der Waals surface area contributed by atoms with Gasteiger partial charge in [-0.2, -0.15) is 5.10 Å². The topological polar surface area (TPSA) is 63.8 Å². The maximum Gasteiger partial charge on any atom is 0.277 e. The molecule has 0 unspecified atom stereocenters. The van der Waals surface area contributed by atoms with Crippen molar-refractivity contribution < 1.29 is 13.9 Å². The first-order chi connectivity index (χ1) is 13.1. The minimum Gasteiger partial charge on any atom is -0.484 e. The van der Waals surface area contributed by atoms with Crippen LogP contribution in [0.1, 0.15) is 5.76 Å². The highest BCUT2D eigenvalue weighted by Crippen LogP contribution is 2.29. The summed E-state index contributed by atoms with van der Waals surface area (Å²) in [5.41, 5.74) is 2.39. The third-order valence-corrected chi connectivity index (χ3v) is 4.85. The second-order valence-corrected chi connectivity index (χ2v) is 7.68. The molecule has 8 heteroatoms. The number of halogens is 2. The van der Waals surface area contributed by atoms with Crippen LogP contribution < -0.4 is 10.2 Å². The van der Waals surface area contributed by atoms with E-state index in [4.69, 9.17) is 20.8 Å². The molecular formula is C19H14BrClN2O3S. The molecule has 0 spiro atoms. The summed E-state index contributed by atoms with van der Waals surface area (Å²) in [4.78, 5) is 12.8. The highest BCUT2D eigenvalue weighted by Gasteiger charge is 2.04. The Morgan fingerprint density at radius 3 is 2.81 bits per heavy atom. The van der Waals surface area contributed by atoms with Crippen LogP contribution in [-0.4, -0.2) is 18.7 Å². The smallest absolute Gasteiger partial charge is 0.277 e. The van der Waals surface area contributed by atoms with E-state index in [0.29, 0.717) is 21.6 Å². The van der Waals surface area contributed by atoms with Gasteiger partial charge in [0.25, 0.3) is 5.91 Å². The van der Waals surface area contributed by atoms with Gasteiger partial charge in [0, 0.05) is 14.4 Å². The molecule has 0 aliphatic heterocycles. The molecular weight excluding hydrogens is 452 g/mol. The molecule has 1 heterocycles. The number of ether oxygens (including phenoxy) is 1. The average molecular weight is 466 g/mol. The normalized spacial score (nSPS) is 10.9. The summed E-state index contributed by atoms with van der Waals surface area (Å²) in [6, 6.07) is 18.3. The lowest BCUT2D eigenvalue weighted by atomic mass is 10.3. The standard InChI is InChI=1S/C19H14BrClN2O3S/c20-13-2-1-3-15(10-13)25-12-18(24)23-22-11-16-6-9-19(26-16)27-17-7-4-14(21)5-8-17/h1-11H,12H2,(H,23,24)/b22-11-. The van der Waals surface area contributed by atoms with Crippen LogP contribution in [0.5, 0.6) is 5.75 Å². The molecule has 0 radical (unpaired) electrons. The monoisotopic (exact) mass is 464 g/mol. The van der Waals surface area contributed by atoms with Crippen molar-refractivity contribution in [3.63, 3.8) is 0 Å². The third-order valence-electron chi connectivity index (χ3n) is 3.18. The van der Waals surface area contributed by atoms with Gasteiger partial charge in [0.1, 0.15) is 11.5 Å². The van der Waals surface area contributed by atoms with Gasteiger partial charge in [0.2, 0.25) is 0 Å². The van der Waals surface area contributed by atoms with Gasteiger partial charge < -0.3 is 9.15 Å². The molecule has 0 aliphatic carbocycles. The molecule has 1 aromatic heterocycles. The van der Waals surface area contributed by atoms with Gasteiger partial charge in [-0.15, -0.1) is 0 Å². The van der Waals surface area contributed by atoms with E-state index in [-0.39, 0.29) is 12.5 Å². The molecule has 3 rings (SSSR count). The van der Waals surface area contributed by atoms with E-state index >= 15 is 0 Å². The Bertz CT molecular complexity index is 944. The summed E-state index contributed by atoms with van der Waals surface area (Å²) in [5.74, 6) is 0.756. The quantitative estimate of drug-likeness (QED) is 0.376. The number of carbonyl (C=O) groups is 1. The zero-order chi connectivity index (χ0) is 19.1. The molecule has 27 heavy (non-hydrogen) atoms. The largest absolute Gasteiger partial charge is 0.484 e. The fraction of sp³-hybridized carbons (Fsp3) is 0.0526. The summed E-state index contributed by atoms with van der Waals surface area (Å²) in [6.07, 6.45) is 1.43. The van der Waals surface area contributed by atoms with Crippen molar-refractivity contribution in [1.29, 1.82) is 0 Å². The van der Waals surface area contributed by atoms with Gasteiger partial charge in [-0.25, -0.2) is 5.43 Å². The number of nitrogens with zero attached hydrogens (tertiary/aromatic N) is 1. The Morgan fingerprint density at radius 1 is 1.22 bits per heavy atom. The molecule has 0 saturated carbocycles. The van der Waals surface area contributed by atoms with Crippen LogP contribution in [0.2, 0.25) is 5.02 Å². The number of hydrogen-bond acceptors (Lipinski definition) is 5. The first-order valence-electron chi connectivity index (χ1n) is 7.82. The summed E-state index contributed by atoms with van der Waals surface area (Å²) in [6.45, 7) is -0.135. The minimum absolute atomic E-state index is 0.135. The zero-order valence-corrected chi connectivity index (χ0v) is 17.1. The molecule has 1 N–H and O–H groups in total. The molecule has 0 aliphatic rings. The van der Waals surface area contributed by atoms with Crippen molar-refractivity contribution in [2.75, 3.05) is 6.61 Å². The number of rotatable bonds is 7. The van der Waals surface area contributed by atoms with Crippen LogP contribution in [0.25, 0.3) is 0 Å². The predicted molar refractivity (Wildman–Crippen MR) is 110 cm³/mol. The Morgan fingerprint density at radius 2 is 2.04 bits per heavy atom. The molecule has 0 fully saturated rings. The fourth-order valence-electron chi connectivity index (χ4n) is 1.98. The van der Waals surface area contributed by atoms with Crippen LogP contribution in [-0.2, 0) is 4.79 Å². The summed E-state index contributed by atoms with van der Waals surface area (Å²) < 4.78 is 11.9. The van der Waals surface area contributed by atoms with Crippen molar-refractivity contribution in [1.82, 2.24) is 5.43 Å². The van der Waals surface area contributed by atoms with Crippen LogP contribution in [0.15, 0.2) is 84.6 Å². The molecule has 2 aromatic carbocycles. The molecule has 0 bridgehead atoms. The van der Waals surface area contributed by atoms with Crippen LogP contribution >= 0.6 is 39.3 Å². The number of hydrogen-bond donors (Lipinski definition) is 1. The number of nitrogens with one attached hydrogen (secondary N) is 1. The van der Waals surface area contributed by atoms with Gasteiger partial charge in [0.05, 0.1) is 6.21 Å². The van der Waals surface area contributed by atoms with Gasteiger partial charge in [0.15, 0.2) is 11.7 Å². The predicted octanol–water partition coefficient (Wildman–Crippen LogP) is 5.38. The second kappa shape index (κ2) is 9.64. The molecule has 138 valence electrons. The summed E-state index contributed by atoms with van der Waals surface area (Å²) in [5, 5.41) is 5.27. The van der Waals surface area contributed by atoms with Crippen LogP contribution in [0.3, 0.4) is 0 Å². The van der Waals surface area contributed by atoms with Crippen molar-refractivity contribution >= 4 is 51.4 Å². The van der Waals surface area contributed by atoms with E-state index in [1.165, 1.54) is 18.0 Å². The summed E-state index contributed by atoms with van der Waals surface area (Å²) in [7, 11) is 0. The van der Waals surface area contributed by atoms with E-state index in [2.05, 4.69) is 26.5 Å². The molecule has 5 nitrogen and oxygen atoms in total. The minimum atomic E-state index is -0.367. The Labute approximate surface area is 173 Å². The molecule has 3 aromatic rings. The van der Waals surface area contributed by atoms with Crippen LogP contribution in [0.4, 0.5) is 0 Å². The Kier molecular flexibility index (Phi) is 6.98. The first-order valence-corrected chi connectivity index (χ1v) is 9.81. The van der Waals surface area contributed by atoms with Gasteiger partial charge >= 0.3 is 0 Å². The van der Waals surface area contributed by atoms with E-state index in [1.54, 1.807) is 18.2 Å². The van der Waals surface area contributed by atoms with Crippen molar-refractivity contribution in [2.24, 2.45) is 5.10 Å². The van der Waals surface area contributed by atoms with Crippen LogP contribution in [0, 0.1) is 0 Å². The van der Waals surface area contributed by atoms with Gasteiger partial charge in [-0.05, 0) is 54.6 Å². The van der Waals surface area contributed by atoms with E-state index < -0.39 is 0 Å². The number of furan rings is 1. The Hall–Kier alpha value is -2.22. The zero-order valence-electron chi connectivity index (χ0n) is 13.9. The third kappa shape index (κ3) is 6.46. The maximum absolute atomic E-state index is 11.8. The number of benzene rings is 2. The summed E-state index contributed by atoms with van der Waals surface area (Å²) >= 11 is 10.7. The average Bonchev–Trinajstić information content (AvgIpc) is 3.09. The second-order valence-electron chi connectivity index (χ2n) is 5.25. The number of carbonyl (C=O) groups excluding carboxylic acids is 1. The maximum atomic E-state index is 11.8. The van der Waals surface area contributed by atoms with E-state index in [0.717, 1.165) is 9.37 Å². The van der Waals surface area contributed by atoms with E-state index in [9.17, 15) is 4.79 Å². The van der Waals surface area contributed by atoms with Crippen molar-refractivity contribution in [3.05, 3.63) is 75.9 Å². The molecule has 0 atom stereocenters. The lowest BCUT2D eigenvalue weighted by molar-refractivity contribution is -0.123. The highest BCUT2D eigenvalue weighted by molar-refractivity contribution is 9.10. The Balaban J connectivity index is 1.46. The van der Waals surface area contributed by atoms with Gasteiger partial charge in [-0.1, -0.05) is 45.4 Å². The number of hydrazone groups is 1. The van der Waals surface area contributed by atoms with Crippen molar-refractivity contribution in [2.45, 2.75) is 9.99 Å².